The number of nitrogens with zero attached hydrogens (tertiary/aromatic N) is 2. The Morgan fingerprint density at radius 3 is 1.14 bits per heavy atom. The second-order valence-electron chi connectivity index (χ2n) is 10.2. The first kappa shape index (κ1) is 46.2. The van der Waals surface area contributed by atoms with Gasteiger partial charge in [0.2, 0.25) is 0 Å². The molecule has 0 aromatic carbocycles. The summed E-state index contributed by atoms with van der Waals surface area (Å²) in [5, 5.41) is 8.96. The summed E-state index contributed by atoms with van der Waals surface area (Å²) in [5.74, 6) is -42.6. The van der Waals surface area contributed by atoms with Gasteiger partial charge in [-0.05, 0) is 0 Å². The number of quaternary nitrogens is 1. The molecule has 2 N–H and O–H groups in total. The van der Waals surface area contributed by atoms with E-state index in [2.05, 4.69) is 0 Å². The maximum absolute atomic E-state index is 15.1. The zero-order chi connectivity index (χ0) is 40.3. The molecule has 0 rings (SSSR count). The third-order valence-corrected chi connectivity index (χ3v) is 6.01. The molecule has 0 saturated carbocycles. The van der Waals surface area contributed by atoms with Crippen LogP contribution in [0.1, 0.15) is 6.42 Å². The highest BCUT2D eigenvalue weighted by Crippen LogP contribution is 2.64. The maximum atomic E-state index is 15.1. The molecule has 0 aromatic heterocycles. The molecule has 0 heterocycles. The van der Waals surface area contributed by atoms with E-state index in [4.69, 9.17) is 5.11 Å². The summed E-state index contributed by atoms with van der Waals surface area (Å²) in [5.41, 5.74) is -8.34. The number of hydrogen-bond acceptors (Lipinski definition) is 3. The molecule has 292 valence electrons. The smallest absolute Gasteiger partial charge is 0.460 e. The summed E-state index contributed by atoms with van der Waals surface area (Å²) in [6, 6.07) is -28.5. The fraction of sp³-hybridized carbons (Fsp3) is 0.895. The molecule has 0 radical (unpaired) electrons. The average molecular weight is 790 g/mol. The second kappa shape index (κ2) is 12.7. The van der Waals surface area contributed by atoms with Gasteiger partial charge in [0.05, 0.1) is 20.6 Å². The number of hydrogen-bond donors (Lipinski definition) is 2. The van der Waals surface area contributed by atoms with Gasteiger partial charge < -0.3 is 14.9 Å². The summed E-state index contributed by atoms with van der Waals surface area (Å²) in [7, 11) is 1.93. The SMILES string of the molecule is C[N+](C)(CCCNC(=O)C(F)(C(F)(F)F)C(F)(F)N(C(F)(F)C(F)(F)C(F)(F)C(F)(F)F)C(F)(F)C(F)(F)C(F)(F)C(F)(F)F)CC(=O)O. The summed E-state index contributed by atoms with van der Waals surface area (Å²) in [6.45, 7) is -3.43. The van der Waals surface area contributed by atoms with E-state index < -0.39 is 113 Å². The van der Waals surface area contributed by atoms with Gasteiger partial charge in [-0.3, -0.25) is 4.79 Å². The number of nitrogens with one attached hydrogen (secondary N) is 1. The van der Waals surface area contributed by atoms with Gasteiger partial charge in [0.1, 0.15) is 0 Å². The van der Waals surface area contributed by atoms with Crippen LogP contribution in [0.2, 0.25) is 0 Å². The number of alkyl halides is 24. The van der Waals surface area contributed by atoms with E-state index >= 15 is 4.39 Å². The first-order valence-corrected chi connectivity index (χ1v) is 11.6. The first-order valence-electron chi connectivity index (χ1n) is 11.6. The number of carboxylic acid groups (broad SMARTS) is 1. The quantitative estimate of drug-likeness (QED) is 0.0843. The molecule has 49 heavy (non-hydrogen) atoms. The van der Waals surface area contributed by atoms with Crippen molar-refractivity contribution >= 4 is 11.9 Å². The molecule has 0 aliphatic carbocycles. The van der Waals surface area contributed by atoms with Crippen molar-refractivity contribution in [2.75, 3.05) is 33.7 Å². The number of aliphatic carboxylic acids is 1. The van der Waals surface area contributed by atoms with E-state index in [0.29, 0.717) is 0 Å². The van der Waals surface area contributed by atoms with Gasteiger partial charge in [0.15, 0.2) is 6.54 Å². The summed E-state index contributed by atoms with van der Waals surface area (Å²) in [6.07, 6.45) is -26.1. The van der Waals surface area contributed by atoms with E-state index in [9.17, 15) is 111 Å². The molecular formula is C19H16F24N3O3+. The highest BCUT2D eigenvalue weighted by molar-refractivity contribution is 5.87. The Morgan fingerprint density at radius 2 is 0.878 bits per heavy atom. The lowest BCUT2D eigenvalue weighted by Gasteiger charge is -2.50. The van der Waals surface area contributed by atoms with E-state index in [-0.39, 0.29) is 5.32 Å². The van der Waals surface area contributed by atoms with Gasteiger partial charge in [0.25, 0.3) is 5.91 Å². The van der Waals surface area contributed by atoms with E-state index in [1.54, 1.807) is 0 Å². The van der Waals surface area contributed by atoms with Gasteiger partial charge in [-0.25, -0.2) is 9.18 Å². The minimum absolute atomic E-state index is 0.287. The van der Waals surface area contributed by atoms with Gasteiger partial charge in [-0.1, -0.05) is 0 Å². The molecule has 1 amide bonds. The van der Waals surface area contributed by atoms with E-state index in [1.807, 2.05) is 0 Å². The van der Waals surface area contributed by atoms with Crippen molar-refractivity contribution in [1.29, 1.82) is 0 Å². The molecule has 0 aliphatic heterocycles. The van der Waals surface area contributed by atoms with Crippen molar-refractivity contribution in [2.24, 2.45) is 0 Å². The number of carboxylic acids is 1. The van der Waals surface area contributed by atoms with Crippen LogP contribution in [0.15, 0.2) is 0 Å². The Morgan fingerprint density at radius 1 is 0.551 bits per heavy atom. The molecule has 1 atom stereocenters. The van der Waals surface area contributed by atoms with Crippen molar-refractivity contribution in [3.05, 3.63) is 0 Å². The third-order valence-electron chi connectivity index (χ3n) is 6.01. The number of rotatable bonds is 15. The maximum Gasteiger partial charge on any atom is 0.460 e. The molecule has 0 aromatic rings. The second-order valence-corrected chi connectivity index (χ2v) is 10.2. The molecule has 6 nitrogen and oxygen atoms in total. The highest BCUT2D eigenvalue weighted by atomic mass is 19.4. The van der Waals surface area contributed by atoms with Gasteiger partial charge >= 0.3 is 72.0 Å². The Labute approximate surface area is 254 Å². The van der Waals surface area contributed by atoms with Gasteiger partial charge in [-0.15, -0.1) is 4.90 Å². The average Bonchev–Trinajstić information content (AvgIpc) is 2.81. The normalized spacial score (nSPS) is 16.9. The van der Waals surface area contributed by atoms with E-state index in [1.165, 1.54) is 0 Å². The minimum atomic E-state index is -9.62. The van der Waals surface area contributed by atoms with Crippen molar-refractivity contribution in [3.63, 3.8) is 0 Å². The Kier molecular flexibility index (Phi) is 12.0. The summed E-state index contributed by atoms with van der Waals surface area (Å²) >= 11 is 0. The molecule has 0 bridgehead atoms. The molecular weight excluding hydrogens is 774 g/mol. The van der Waals surface area contributed by atoms with Crippen LogP contribution in [-0.2, 0) is 9.59 Å². The van der Waals surface area contributed by atoms with Crippen molar-refractivity contribution in [3.8, 4) is 0 Å². The number of carbonyl (C=O) groups is 2. The Balaban J connectivity index is 7.92. The summed E-state index contributed by atoms with van der Waals surface area (Å²) < 4.78 is 326. The van der Waals surface area contributed by atoms with Crippen LogP contribution in [0.25, 0.3) is 0 Å². The fourth-order valence-corrected chi connectivity index (χ4v) is 3.41. The summed E-state index contributed by atoms with van der Waals surface area (Å²) in [4.78, 5) is 16.9. The van der Waals surface area contributed by atoms with Crippen LogP contribution >= 0.6 is 0 Å². The standard InChI is InChI=1S/C19H15F24N3O3/c1-46(2,6-7(47)48)5-3-4-44-8(49)9(20,14(29,30)31)17(38,39)45(18(40,41)12(25,26)10(21,22)15(32,33)34)19(42,43)13(27,28)11(23,24)16(35,36)37/h3-6H2,1-2H3,(H-,44,47,48,49)/p+1. The molecule has 0 aliphatic rings. The van der Waals surface area contributed by atoms with Crippen LogP contribution in [0.5, 0.6) is 0 Å². The van der Waals surface area contributed by atoms with Crippen LogP contribution in [-0.4, -0.2) is 126 Å². The Bertz CT molecular complexity index is 1160. The van der Waals surface area contributed by atoms with Crippen LogP contribution in [0.4, 0.5) is 105 Å². The van der Waals surface area contributed by atoms with Crippen molar-refractivity contribution in [2.45, 2.75) is 72.4 Å². The monoisotopic (exact) mass is 790 g/mol. The zero-order valence-electron chi connectivity index (χ0n) is 23.1. The predicted molar refractivity (Wildman–Crippen MR) is 106 cm³/mol. The lowest BCUT2D eigenvalue weighted by molar-refractivity contribution is -0.883. The number of likely N-dealkylation sites (N-methyl/N-ethyl adjacent to an activating group) is 1. The first-order chi connectivity index (χ1) is 20.9. The number of carbonyl (C=O) groups excluding carboxylic acids is 1. The van der Waals surface area contributed by atoms with Gasteiger partial charge in [0, 0.05) is 13.0 Å². The zero-order valence-corrected chi connectivity index (χ0v) is 23.1. The number of amides is 1. The molecule has 0 saturated heterocycles. The third kappa shape index (κ3) is 7.47. The fourth-order valence-electron chi connectivity index (χ4n) is 3.41. The van der Waals surface area contributed by atoms with Crippen molar-refractivity contribution in [1.82, 2.24) is 10.2 Å². The lowest BCUT2D eigenvalue weighted by atomic mass is 9.95. The molecule has 0 spiro atoms. The molecule has 30 heteroatoms. The molecule has 1 unspecified atom stereocenters. The topological polar surface area (TPSA) is 69.6 Å². The van der Waals surface area contributed by atoms with Crippen LogP contribution in [0, 0.1) is 0 Å². The van der Waals surface area contributed by atoms with Crippen molar-refractivity contribution < 1.29 is 125 Å². The van der Waals surface area contributed by atoms with Crippen LogP contribution in [0.3, 0.4) is 0 Å². The van der Waals surface area contributed by atoms with Crippen LogP contribution < -0.4 is 5.32 Å². The van der Waals surface area contributed by atoms with Gasteiger partial charge in [-0.2, -0.15) is 101 Å². The Hall–Kier alpha value is -2.82. The number of halogens is 24. The predicted octanol–water partition coefficient (Wildman–Crippen LogP) is 6.67. The largest absolute Gasteiger partial charge is 0.477 e. The molecule has 0 fully saturated rings. The lowest BCUT2D eigenvalue weighted by Crippen LogP contribution is -2.82. The highest BCUT2D eigenvalue weighted by Gasteiger charge is 2.95. The minimum Gasteiger partial charge on any atom is -0.477 e. The van der Waals surface area contributed by atoms with E-state index in [0.717, 1.165) is 14.1 Å².